The summed E-state index contributed by atoms with van der Waals surface area (Å²) >= 11 is 0. The smallest absolute Gasteiger partial charge is 0.373 e. The first-order chi connectivity index (χ1) is 9.51. The second kappa shape index (κ2) is 8.34. The molecule has 0 radical (unpaired) electrons. The standard InChI is InChI=1S/C15H28O5Si/c1-7-19-14(18)13(17)11-12(16)9-8-10-20-21(5,6)15(2,3)4/h11,17H,7-10H2,1-6H3/b13-11-. The maximum Gasteiger partial charge on any atom is 0.373 e. The first-order valence-electron chi connectivity index (χ1n) is 7.26. The molecule has 6 heteroatoms. The SMILES string of the molecule is CCOC(=O)/C(O)=C/C(=O)CCCO[Si](C)(C)C(C)(C)C. The zero-order valence-corrected chi connectivity index (χ0v) is 15.0. The minimum absolute atomic E-state index is 0.138. The minimum Gasteiger partial charge on any atom is -0.502 e. The number of aliphatic hydroxyl groups excluding tert-OH is 1. The van der Waals surface area contributed by atoms with Crippen LogP contribution < -0.4 is 0 Å². The number of esters is 1. The van der Waals surface area contributed by atoms with E-state index in [2.05, 4.69) is 38.6 Å². The number of carbonyl (C=O) groups excluding carboxylic acids is 2. The zero-order valence-electron chi connectivity index (χ0n) is 14.0. The summed E-state index contributed by atoms with van der Waals surface area (Å²) in [7, 11) is -1.79. The molecule has 21 heavy (non-hydrogen) atoms. The van der Waals surface area contributed by atoms with Gasteiger partial charge in [-0.25, -0.2) is 4.79 Å². The highest BCUT2D eigenvalue weighted by Crippen LogP contribution is 2.36. The predicted molar refractivity (Wildman–Crippen MR) is 84.7 cm³/mol. The van der Waals surface area contributed by atoms with Gasteiger partial charge in [0.05, 0.1) is 6.61 Å². The van der Waals surface area contributed by atoms with E-state index >= 15 is 0 Å². The van der Waals surface area contributed by atoms with Crippen LogP contribution in [0.2, 0.25) is 18.1 Å². The van der Waals surface area contributed by atoms with Gasteiger partial charge in [-0.15, -0.1) is 0 Å². The summed E-state index contributed by atoms with van der Waals surface area (Å²) in [6.45, 7) is 13.1. The third-order valence-electron chi connectivity index (χ3n) is 3.62. The Morgan fingerprint density at radius 3 is 2.29 bits per heavy atom. The van der Waals surface area contributed by atoms with Gasteiger partial charge in [-0.3, -0.25) is 4.79 Å². The van der Waals surface area contributed by atoms with Gasteiger partial charge >= 0.3 is 5.97 Å². The number of aliphatic hydroxyl groups is 1. The molecule has 0 spiro atoms. The highest BCUT2D eigenvalue weighted by Gasteiger charge is 2.36. The lowest BCUT2D eigenvalue weighted by Crippen LogP contribution is -2.41. The van der Waals surface area contributed by atoms with Crippen LogP contribution in [0.25, 0.3) is 0 Å². The molecule has 0 aliphatic heterocycles. The van der Waals surface area contributed by atoms with Crippen LogP contribution in [0, 0.1) is 0 Å². The fraction of sp³-hybridized carbons (Fsp3) is 0.733. The Kier molecular flexibility index (Phi) is 7.88. The number of ketones is 1. The van der Waals surface area contributed by atoms with Gasteiger partial charge in [0.15, 0.2) is 14.1 Å². The van der Waals surface area contributed by atoms with Crippen LogP contribution in [0.1, 0.15) is 40.5 Å². The quantitative estimate of drug-likeness (QED) is 0.244. The van der Waals surface area contributed by atoms with Gasteiger partial charge in [-0.2, -0.15) is 0 Å². The van der Waals surface area contributed by atoms with Crippen LogP contribution in [-0.2, 0) is 18.8 Å². The fourth-order valence-electron chi connectivity index (χ4n) is 1.28. The Morgan fingerprint density at radius 2 is 1.81 bits per heavy atom. The number of carbonyl (C=O) groups is 2. The first-order valence-corrected chi connectivity index (χ1v) is 10.2. The van der Waals surface area contributed by atoms with Crippen molar-refractivity contribution in [2.45, 2.75) is 58.7 Å². The molecule has 0 aromatic rings. The number of hydrogen-bond acceptors (Lipinski definition) is 5. The first kappa shape index (κ1) is 19.9. The third kappa shape index (κ3) is 7.43. The average Bonchev–Trinajstić information content (AvgIpc) is 2.33. The lowest BCUT2D eigenvalue weighted by atomic mass is 10.2. The molecule has 0 bridgehead atoms. The van der Waals surface area contributed by atoms with Crippen molar-refractivity contribution in [2.24, 2.45) is 0 Å². The zero-order chi connectivity index (χ0) is 16.7. The highest BCUT2D eigenvalue weighted by molar-refractivity contribution is 6.74. The summed E-state index contributed by atoms with van der Waals surface area (Å²) in [5, 5.41) is 9.49. The Morgan fingerprint density at radius 1 is 1.24 bits per heavy atom. The van der Waals surface area contributed by atoms with E-state index in [0.29, 0.717) is 13.0 Å². The molecule has 5 nitrogen and oxygen atoms in total. The van der Waals surface area contributed by atoms with E-state index in [-0.39, 0.29) is 23.8 Å². The lowest BCUT2D eigenvalue weighted by Gasteiger charge is -2.36. The molecule has 0 saturated carbocycles. The molecule has 0 saturated heterocycles. The van der Waals surface area contributed by atoms with Gasteiger partial charge in [0, 0.05) is 19.1 Å². The van der Waals surface area contributed by atoms with Gasteiger partial charge < -0.3 is 14.3 Å². The molecule has 0 aliphatic carbocycles. The van der Waals surface area contributed by atoms with Crippen LogP contribution in [0.5, 0.6) is 0 Å². The van der Waals surface area contributed by atoms with Crippen molar-refractivity contribution in [3.05, 3.63) is 11.8 Å². The summed E-state index contributed by atoms with van der Waals surface area (Å²) in [4.78, 5) is 22.7. The van der Waals surface area contributed by atoms with Crippen LogP contribution in [0.3, 0.4) is 0 Å². The second-order valence-corrected chi connectivity index (χ2v) is 11.2. The summed E-state index contributed by atoms with van der Waals surface area (Å²) in [6, 6.07) is 0. The van der Waals surface area contributed by atoms with Crippen molar-refractivity contribution in [1.82, 2.24) is 0 Å². The van der Waals surface area contributed by atoms with Crippen molar-refractivity contribution in [3.8, 4) is 0 Å². The van der Waals surface area contributed by atoms with E-state index in [4.69, 9.17) is 4.43 Å². The van der Waals surface area contributed by atoms with E-state index in [1.807, 2.05) is 0 Å². The van der Waals surface area contributed by atoms with Gasteiger partial charge in [0.25, 0.3) is 0 Å². The second-order valence-electron chi connectivity index (χ2n) is 6.43. The van der Waals surface area contributed by atoms with Crippen molar-refractivity contribution >= 4 is 20.1 Å². The fourth-order valence-corrected chi connectivity index (χ4v) is 2.37. The molecule has 0 aromatic heterocycles. The molecule has 1 N–H and O–H groups in total. The number of allylic oxidation sites excluding steroid dienone is 1. The van der Waals surface area contributed by atoms with Crippen LogP contribution >= 0.6 is 0 Å². The monoisotopic (exact) mass is 316 g/mol. The molecule has 0 aromatic carbocycles. The Hall–Kier alpha value is -1.14. The summed E-state index contributed by atoms with van der Waals surface area (Å²) in [6.07, 6.45) is 1.72. The largest absolute Gasteiger partial charge is 0.502 e. The maximum absolute atomic E-state index is 11.6. The molecule has 0 amide bonds. The molecular weight excluding hydrogens is 288 g/mol. The Labute approximate surface area is 128 Å². The van der Waals surface area contributed by atoms with Gasteiger partial charge in [0.2, 0.25) is 5.76 Å². The number of hydrogen-bond donors (Lipinski definition) is 1. The lowest BCUT2D eigenvalue weighted by molar-refractivity contribution is -0.141. The minimum atomic E-state index is -1.79. The molecule has 0 unspecified atom stereocenters. The van der Waals surface area contributed by atoms with E-state index in [0.717, 1.165) is 6.08 Å². The number of rotatable bonds is 8. The molecule has 0 heterocycles. The normalized spacial score (nSPS) is 13.1. The van der Waals surface area contributed by atoms with Crippen molar-refractivity contribution < 1.29 is 23.9 Å². The van der Waals surface area contributed by atoms with Crippen LogP contribution in [-0.4, -0.2) is 38.4 Å². The number of ether oxygens (including phenoxy) is 1. The summed E-state index contributed by atoms with van der Waals surface area (Å²) in [5.74, 6) is -1.82. The van der Waals surface area contributed by atoms with Crippen molar-refractivity contribution in [3.63, 3.8) is 0 Å². The molecule has 0 fully saturated rings. The van der Waals surface area contributed by atoms with Crippen LogP contribution in [0.4, 0.5) is 0 Å². The maximum atomic E-state index is 11.6. The third-order valence-corrected chi connectivity index (χ3v) is 8.16. The van der Waals surface area contributed by atoms with E-state index in [1.54, 1.807) is 6.92 Å². The van der Waals surface area contributed by atoms with Crippen molar-refractivity contribution in [2.75, 3.05) is 13.2 Å². The van der Waals surface area contributed by atoms with Crippen molar-refractivity contribution in [1.29, 1.82) is 0 Å². The molecule has 0 atom stereocenters. The average molecular weight is 316 g/mol. The summed E-state index contributed by atoms with van der Waals surface area (Å²) in [5.41, 5.74) is 0. The molecule has 122 valence electrons. The van der Waals surface area contributed by atoms with E-state index < -0.39 is 20.0 Å². The molecular formula is C15H28O5Si. The summed E-state index contributed by atoms with van der Waals surface area (Å²) < 4.78 is 10.5. The van der Waals surface area contributed by atoms with E-state index in [1.165, 1.54) is 0 Å². The van der Waals surface area contributed by atoms with Gasteiger partial charge in [-0.05, 0) is 31.5 Å². The topological polar surface area (TPSA) is 72.8 Å². The molecule has 0 aliphatic rings. The molecule has 0 rings (SSSR count). The van der Waals surface area contributed by atoms with Gasteiger partial charge in [0.1, 0.15) is 0 Å². The Bertz CT molecular complexity index is 393. The predicted octanol–water partition coefficient (Wildman–Crippen LogP) is 3.36. The highest BCUT2D eigenvalue weighted by atomic mass is 28.4. The van der Waals surface area contributed by atoms with E-state index in [9.17, 15) is 14.7 Å². The Balaban J connectivity index is 4.17. The van der Waals surface area contributed by atoms with Crippen LogP contribution in [0.15, 0.2) is 11.8 Å². The van der Waals surface area contributed by atoms with Gasteiger partial charge in [-0.1, -0.05) is 20.8 Å².